The molecule has 3 aromatic carbocycles. The molecule has 0 fully saturated rings. The molecule has 0 spiro atoms. The molecule has 1 aromatic heterocycles. The number of carbonyl (C=O) groups is 1. The van der Waals surface area contributed by atoms with Crippen molar-refractivity contribution in [2.24, 2.45) is 0 Å². The number of hydrogen-bond acceptors (Lipinski definition) is 3. The molecule has 134 valence electrons. The van der Waals surface area contributed by atoms with E-state index in [9.17, 15) is 4.79 Å². The summed E-state index contributed by atoms with van der Waals surface area (Å²) >= 11 is 1.69. The van der Waals surface area contributed by atoms with E-state index >= 15 is 0 Å². The van der Waals surface area contributed by atoms with Crippen LogP contribution in [0, 0.1) is 6.92 Å². The molecule has 0 unspecified atom stereocenters. The standard InChI is InChI=1S/C23H20N2OS/c1-3-16-6-4-5-7-19(16)22(26)24-18-11-9-17(10-12-18)23-25-20-13-8-15(2)14-21(20)27-23/h4-14H,3H2,1-2H3,(H,24,26). The number of nitrogens with zero attached hydrogens (tertiary/aromatic N) is 1. The molecule has 4 heteroatoms. The van der Waals surface area contributed by atoms with Gasteiger partial charge in [-0.3, -0.25) is 4.79 Å². The summed E-state index contributed by atoms with van der Waals surface area (Å²) in [5.41, 5.74) is 5.88. The Labute approximate surface area is 162 Å². The van der Waals surface area contributed by atoms with Gasteiger partial charge in [0.1, 0.15) is 5.01 Å². The number of carbonyl (C=O) groups excluding carboxylic acids is 1. The molecule has 0 aliphatic heterocycles. The number of aryl methyl sites for hydroxylation is 2. The quantitative estimate of drug-likeness (QED) is 0.471. The van der Waals surface area contributed by atoms with Crippen LogP contribution in [-0.2, 0) is 6.42 Å². The van der Waals surface area contributed by atoms with Gasteiger partial charge in [0.25, 0.3) is 5.91 Å². The molecule has 3 nitrogen and oxygen atoms in total. The van der Waals surface area contributed by atoms with Crippen molar-refractivity contribution >= 4 is 33.1 Å². The minimum Gasteiger partial charge on any atom is -0.322 e. The number of fused-ring (bicyclic) bond motifs is 1. The van der Waals surface area contributed by atoms with Crippen LogP contribution in [0.3, 0.4) is 0 Å². The number of anilines is 1. The highest BCUT2D eigenvalue weighted by atomic mass is 32.1. The van der Waals surface area contributed by atoms with Crippen LogP contribution in [0.4, 0.5) is 5.69 Å². The van der Waals surface area contributed by atoms with Gasteiger partial charge in [-0.15, -0.1) is 11.3 Å². The Kier molecular flexibility index (Phi) is 4.73. The lowest BCUT2D eigenvalue weighted by atomic mass is 10.0. The van der Waals surface area contributed by atoms with Crippen LogP contribution in [-0.4, -0.2) is 10.9 Å². The van der Waals surface area contributed by atoms with Gasteiger partial charge in [-0.05, 0) is 66.9 Å². The zero-order chi connectivity index (χ0) is 18.8. The molecule has 4 aromatic rings. The zero-order valence-corrected chi connectivity index (χ0v) is 16.1. The van der Waals surface area contributed by atoms with E-state index in [0.717, 1.165) is 39.3 Å². The van der Waals surface area contributed by atoms with Gasteiger partial charge in [-0.25, -0.2) is 4.98 Å². The number of hydrogen-bond donors (Lipinski definition) is 1. The Bertz CT molecular complexity index is 1110. The smallest absolute Gasteiger partial charge is 0.255 e. The van der Waals surface area contributed by atoms with Gasteiger partial charge in [-0.2, -0.15) is 0 Å². The summed E-state index contributed by atoms with van der Waals surface area (Å²) in [6.07, 6.45) is 0.833. The van der Waals surface area contributed by atoms with Crippen molar-refractivity contribution in [1.82, 2.24) is 4.98 Å². The summed E-state index contributed by atoms with van der Waals surface area (Å²) in [6, 6.07) is 21.9. The molecule has 0 bridgehead atoms. The fourth-order valence-electron chi connectivity index (χ4n) is 3.10. The first-order chi connectivity index (χ1) is 13.1. The van der Waals surface area contributed by atoms with E-state index in [4.69, 9.17) is 4.98 Å². The second-order valence-corrected chi connectivity index (χ2v) is 7.56. The molecule has 1 N–H and O–H groups in total. The highest BCUT2D eigenvalue weighted by Gasteiger charge is 2.11. The molecule has 1 amide bonds. The minimum absolute atomic E-state index is 0.0735. The van der Waals surface area contributed by atoms with Crippen LogP contribution < -0.4 is 5.32 Å². The third kappa shape index (κ3) is 3.62. The van der Waals surface area contributed by atoms with Crippen LogP contribution in [0.2, 0.25) is 0 Å². The van der Waals surface area contributed by atoms with E-state index in [1.54, 1.807) is 11.3 Å². The highest BCUT2D eigenvalue weighted by molar-refractivity contribution is 7.21. The van der Waals surface area contributed by atoms with E-state index in [-0.39, 0.29) is 5.91 Å². The molecule has 0 saturated carbocycles. The number of nitrogens with one attached hydrogen (secondary N) is 1. The van der Waals surface area contributed by atoms with Crippen molar-refractivity contribution in [1.29, 1.82) is 0 Å². The van der Waals surface area contributed by atoms with Crippen LogP contribution >= 0.6 is 11.3 Å². The van der Waals surface area contributed by atoms with Crippen LogP contribution in [0.15, 0.2) is 66.7 Å². The first-order valence-corrected chi connectivity index (χ1v) is 9.82. The number of benzene rings is 3. The maximum Gasteiger partial charge on any atom is 0.255 e. The molecule has 0 radical (unpaired) electrons. The summed E-state index contributed by atoms with van der Waals surface area (Å²) in [6.45, 7) is 4.15. The molecule has 0 aliphatic carbocycles. The van der Waals surface area contributed by atoms with E-state index < -0.39 is 0 Å². The van der Waals surface area contributed by atoms with Gasteiger partial charge in [0.15, 0.2) is 0 Å². The lowest BCUT2D eigenvalue weighted by Gasteiger charge is -2.09. The number of amides is 1. The lowest BCUT2D eigenvalue weighted by molar-refractivity contribution is 0.102. The van der Waals surface area contributed by atoms with Gasteiger partial charge in [0.05, 0.1) is 10.2 Å². The maximum atomic E-state index is 12.6. The van der Waals surface area contributed by atoms with Crippen LogP contribution in [0.25, 0.3) is 20.8 Å². The molecule has 1 heterocycles. The molecule has 0 saturated heterocycles. The van der Waals surface area contributed by atoms with Crippen molar-refractivity contribution in [2.75, 3.05) is 5.32 Å². The number of thiazole rings is 1. The summed E-state index contributed by atoms with van der Waals surface area (Å²) < 4.78 is 1.19. The number of rotatable bonds is 4. The summed E-state index contributed by atoms with van der Waals surface area (Å²) in [5.74, 6) is -0.0735. The Morgan fingerprint density at radius 2 is 1.81 bits per heavy atom. The fraction of sp³-hybridized carbons (Fsp3) is 0.130. The molecule has 0 aliphatic rings. The Balaban J connectivity index is 1.55. The predicted octanol–water partition coefficient (Wildman–Crippen LogP) is 6.09. The zero-order valence-electron chi connectivity index (χ0n) is 15.3. The fourth-order valence-corrected chi connectivity index (χ4v) is 4.17. The van der Waals surface area contributed by atoms with Crippen LogP contribution in [0.5, 0.6) is 0 Å². The second kappa shape index (κ2) is 7.33. The first-order valence-electron chi connectivity index (χ1n) is 9.01. The predicted molar refractivity (Wildman–Crippen MR) is 114 cm³/mol. The van der Waals surface area contributed by atoms with Gasteiger partial charge < -0.3 is 5.32 Å². The van der Waals surface area contributed by atoms with Gasteiger partial charge in [0.2, 0.25) is 0 Å². The van der Waals surface area contributed by atoms with E-state index in [1.165, 1.54) is 10.3 Å². The van der Waals surface area contributed by atoms with Crippen molar-refractivity contribution in [3.05, 3.63) is 83.4 Å². The van der Waals surface area contributed by atoms with Gasteiger partial charge >= 0.3 is 0 Å². The molecule has 0 atom stereocenters. The highest BCUT2D eigenvalue weighted by Crippen LogP contribution is 2.31. The Morgan fingerprint density at radius 3 is 2.59 bits per heavy atom. The second-order valence-electron chi connectivity index (χ2n) is 6.53. The first kappa shape index (κ1) is 17.4. The maximum absolute atomic E-state index is 12.6. The van der Waals surface area contributed by atoms with Crippen molar-refractivity contribution in [3.63, 3.8) is 0 Å². The van der Waals surface area contributed by atoms with E-state index in [2.05, 4.69) is 37.4 Å². The summed E-state index contributed by atoms with van der Waals surface area (Å²) in [4.78, 5) is 17.3. The van der Waals surface area contributed by atoms with Crippen molar-refractivity contribution in [2.45, 2.75) is 20.3 Å². The van der Waals surface area contributed by atoms with Gasteiger partial charge in [0, 0.05) is 16.8 Å². The van der Waals surface area contributed by atoms with Crippen LogP contribution in [0.1, 0.15) is 28.4 Å². The third-order valence-electron chi connectivity index (χ3n) is 4.58. The number of aromatic nitrogens is 1. The average Bonchev–Trinajstić information content (AvgIpc) is 3.11. The SMILES string of the molecule is CCc1ccccc1C(=O)Nc1ccc(-c2nc3ccc(C)cc3s2)cc1. The summed E-state index contributed by atoms with van der Waals surface area (Å²) in [5, 5.41) is 3.98. The van der Waals surface area contributed by atoms with E-state index in [1.807, 2.05) is 48.5 Å². The average molecular weight is 372 g/mol. The third-order valence-corrected chi connectivity index (χ3v) is 5.64. The lowest BCUT2D eigenvalue weighted by Crippen LogP contribution is -2.13. The van der Waals surface area contributed by atoms with Crippen molar-refractivity contribution < 1.29 is 4.79 Å². The Morgan fingerprint density at radius 1 is 1.04 bits per heavy atom. The summed E-state index contributed by atoms with van der Waals surface area (Å²) in [7, 11) is 0. The molecular weight excluding hydrogens is 352 g/mol. The van der Waals surface area contributed by atoms with Crippen molar-refractivity contribution in [3.8, 4) is 10.6 Å². The molecular formula is C23H20N2OS. The van der Waals surface area contributed by atoms with E-state index in [0.29, 0.717) is 0 Å². The largest absolute Gasteiger partial charge is 0.322 e. The monoisotopic (exact) mass is 372 g/mol. The normalized spacial score (nSPS) is 10.9. The molecule has 4 rings (SSSR count). The minimum atomic E-state index is -0.0735. The molecule has 27 heavy (non-hydrogen) atoms. The Hall–Kier alpha value is -2.98. The van der Waals surface area contributed by atoms with Gasteiger partial charge in [-0.1, -0.05) is 31.2 Å². The topological polar surface area (TPSA) is 42.0 Å².